The molecule has 14 heteroatoms. The molecule has 1 aromatic heterocycles. The summed E-state index contributed by atoms with van der Waals surface area (Å²) in [5.41, 5.74) is 0.971. The lowest BCUT2D eigenvalue weighted by molar-refractivity contribution is -0.154. The molecule has 3 aliphatic rings. The highest BCUT2D eigenvalue weighted by molar-refractivity contribution is 6.06. The number of ether oxygens (including phenoxy) is 2. The van der Waals surface area contributed by atoms with Crippen LogP contribution in [-0.4, -0.2) is 99.6 Å². The molecule has 2 bridgehead atoms. The molecule has 1 aliphatic heterocycles. The Labute approximate surface area is 329 Å². The first-order valence-corrected chi connectivity index (χ1v) is 20.0. The number of methoxy groups -OCH3 is 1. The lowest BCUT2D eigenvalue weighted by Crippen LogP contribution is -2.34. The maximum Gasteiger partial charge on any atom is 0.334 e. The number of carbonyl (C=O) groups excluding carboxylic acids is 6. The Morgan fingerprint density at radius 2 is 1.64 bits per heavy atom. The molecular weight excluding hydrogens is 716 g/mol. The highest BCUT2D eigenvalue weighted by Gasteiger charge is 2.58. The largest absolute Gasteiger partial charge is 0.464 e. The molecule has 304 valence electrons. The number of hydrogen-bond donors (Lipinski definition) is 1. The average molecular weight is 775 g/mol. The van der Waals surface area contributed by atoms with Gasteiger partial charge in [-0.2, -0.15) is 0 Å². The SMILES string of the molecule is COC(C)C(=O)OCCCNC(=O)CCC(=O)N(CCCCCCN1C(=O)C2[C@@H](C1=O)[C@@H]1C=C[C@H]2C1)Cc1cn(C(CC(C)(C)C(C)=O)c2ccccc2)nn1. The number of fused-ring (bicyclic) bond motifs is 5. The number of hydrogen-bond acceptors (Lipinski definition) is 10. The van der Waals surface area contributed by atoms with Crippen molar-refractivity contribution in [2.24, 2.45) is 29.1 Å². The predicted molar refractivity (Wildman–Crippen MR) is 206 cm³/mol. The van der Waals surface area contributed by atoms with Crippen molar-refractivity contribution in [3.8, 4) is 0 Å². The van der Waals surface area contributed by atoms with Crippen LogP contribution < -0.4 is 5.32 Å². The molecule has 5 rings (SSSR count). The van der Waals surface area contributed by atoms with Gasteiger partial charge in [-0.15, -0.1) is 5.10 Å². The van der Waals surface area contributed by atoms with Crippen LogP contribution in [0, 0.1) is 29.1 Å². The van der Waals surface area contributed by atoms with Crippen molar-refractivity contribution in [2.45, 2.75) is 104 Å². The number of benzene rings is 1. The molecule has 56 heavy (non-hydrogen) atoms. The molecule has 14 nitrogen and oxygen atoms in total. The zero-order chi connectivity index (χ0) is 40.4. The van der Waals surface area contributed by atoms with Crippen molar-refractivity contribution in [1.29, 1.82) is 0 Å². The van der Waals surface area contributed by atoms with E-state index < -0.39 is 17.5 Å². The second-order valence-electron chi connectivity index (χ2n) is 16.1. The van der Waals surface area contributed by atoms with E-state index in [-0.39, 0.29) is 85.1 Å². The molecule has 6 atom stereocenters. The first-order valence-electron chi connectivity index (χ1n) is 20.0. The number of nitrogens with zero attached hydrogens (tertiary/aromatic N) is 5. The summed E-state index contributed by atoms with van der Waals surface area (Å²) in [6.45, 7) is 8.51. The molecule has 1 saturated carbocycles. The summed E-state index contributed by atoms with van der Waals surface area (Å²) in [6, 6.07) is 9.58. The maximum absolute atomic E-state index is 13.6. The van der Waals surface area contributed by atoms with Gasteiger partial charge >= 0.3 is 5.97 Å². The van der Waals surface area contributed by atoms with Crippen LogP contribution in [0.15, 0.2) is 48.7 Å². The minimum atomic E-state index is -0.661. The van der Waals surface area contributed by atoms with Gasteiger partial charge in [0.1, 0.15) is 11.5 Å². The van der Waals surface area contributed by atoms with Crippen LogP contribution in [-0.2, 0) is 44.8 Å². The number of nitrogens with one attached hydrogen (secondary N) is 1. The normalized spacial score (nSPS) is 20.9. The molecule has 2 fully saturated rings. The van der Waals surface area contributed by atoms with E-state index in [1.165, 1.54) is 12.0 Å². The first-order chi connectivity index (χ1) is 26.8. The smallest absolute Gasteiger partial charge is 0.334 e. The Balaban J connectivity index is 1.15. The van der Waals surface area contributed by atoms with E-state index >= 15 is 0 Å². The number of imide groups is 1. The third-order valence-corrected chi connectivity index (χ3v) is 11.7. The van der Waals surface area contributed by atoms with E-state index in [0.29, 0.717) is 51.0 Å². The molecule has 2 aromatic rings. The van der Waals surface area contributed by atoms with Crippen LogP contribution in [0.4, 0.5) is 0 Å². The molecular formula is C42H58N6O8. The van der Waals surface area contributed by atoms with Crippen molar-refractivity contribution in [3.05, 3.63) is 59.9 Å². The molecule has 3 unspecified atom stereocenters. The number of ketones is 1. The van der Waals surface area contributed by atoms with Crippen LogP contribution >= 0.6 is 0 Å². The Morgan fingerprint density at radius 1 is 0.964 bits per heavy atom. The molecule has 0 radical (unpaired) electrons. The second kappa shape index (κ2) is 19.4. The number of rotatable bonds is 23. The summed E-state index contributed by atoms with van der Waals surface area (Å²) in [6.07, 6.45) is 10.2. The number of esters is 1. The predicted octanol–water partition coefficient (Wildman–Crippen LogP) is 4.43. The summed E-state index contributed by atoms with van der Waals surface area (Å²) in [4.78, 5) is 79.8. The van der Waals surface area contributed by atoms with E-state index in [0.717, 1.165) is 24.8 Å². The molecule has 2 heterocycles. The van der Waals surface area contributed by atoms with Gasteiger partial charge in [-0.25, -0.2) is 9.48 Å². The van der Waals surface area contributed by atoms with Gasteiger partial charge in [0.15, 0.2) is 6.10 Å². The number of carbonyl (C=O) groups is 6. The van der Waals surface area contributed by atoms with Crippen LogP contribution in [0.3, 0.4) is 0 Å². The minimum Gasteiger partial charge on any atom is -0.464 e. The minimum absolute atomic E-state index is 0.00187. The van der Waals surface area contributed by atoms with Crippen LogP contribution in [0.1, 0.15) is 103 Å². The zero-order valence-corrected chi connectivity index (χ0v) is 33.5. The fourth-order valence-electron chi connectivity index (χ4n) is 7.96. The van der Waals surface area contributed by atoms with Gasteiger partial charge in [0.05, 0.1) is 37.2 Å². The molecule has 0 spiro atoms. The molecule has 2 aliphatic carbocycles. The van der Waals surface area contributed by atoms with E-state index in [2.05, 4.69) is 27.8 Å². The number of amides is 4. The Hall–Kier alpha value is -4.72. The molecule has 1 aromatic carbocycles. The Bertz CT molecular complexity index is 1710. The quantitative estimate of drug-likeness (QED) is 0.0738. The van der Waals surface area contributed by atoms with Crippen LogP contribution in [0.2, 0.25) is 0 Å². The Kier molecular flexibility index (Phi) is 14.7. The number of aromatic nitrogens is 3. The van der Waals surface area contributed by atoms with Gasteiger partial charge in [-0.05, 0) is 63.4 Å². The number of allylic oxidation sites excluding steroid dienone is 2. The van der Waals surface area contributed by atoms with Gasteiger partial charge in [-0.1, -0.05) is 74.4 Å². The standard InChI is InChI=1S/C42H58N6O8/c1-28(55-5)41(54)56-23-13-20-43-35(50)18-19-36(51)46(21-11-6-7-12-22-47-39(52)37-31-16-17-32(24-31)38(37)40(47)53)26-33-27-48(45-44-33)34(25-42(3,4)29(2)49)30-14-9-8-10-15-30/h8-10,14-17,27-28,31-32,34,37-38H,6-7,11-13,18-26H2,1-5H3,(H,43,50)/t28?,31-,32+,34?,37+,38?/m1/s1. The summed E-state index contributed by atoms with van der Waals surface area (Å²) < 4.78 is 11.8. The number of Topliss-reactive ketones (excluding diaryl/α,β-unsaturated/α-hetero) is 1. The fourth-order valence-corrected chi connectivity index (χ4v) is 7.96. The van der Waals surface area contributed by atoms with E-state index in [9.17, 15) is 28.8 Å². The van der Waals surface area contributed by atoms with Gasteiger partial charge in [0.25, 0.3) is 0 Å². The summed E-state index contributed by atoms with van der Waals surface area (Å²) in [7, 11) is 1.42. The van der Waals surface area contributed by atoms with E-state index in [1.807, 2.05) is 50.4 Å². The van der Waals surface area contributed by atoms with Crippen molar-refractivity contribution >= 4 is 35.4 Å². The lowest BCUT2D eigenvalue weighted by Gasteiger charge is -2.27. The highest BCUT2D eigenvalue weighted by atomic mass is 16.6. The second-order valence-corrected chi connectivity index (χ2v) is 16.1. The van der Waals surface area contributed by atoms with Crippen molar-refractivity contribution < 1.29 is 38.2 Å². The van der Waals surface area contributed by atoms with Gasteiger partial charge in [-0.3, -0.25) is 28.9 Å². The number of unbranched alkanes of at least 4 members (excludes halogenated alkanes) is 3. The van der Waals surface area contributed by atoms with Crippen molar-refractivity contribution in [2.75, 3.05) is 33.4 Å². The molecule has 4 amide bonds. The lowest BCUT2D eigenvalue weighted by atomic mass is 9.80. The van der Waals surface area contributed by atoms with E-state index in [1.54, 1.807) is 23.4 Å². The van der Waals surface area contributed by atoms with Crippen molar-refractivity contribution in [1.82, 2.24) is 30.1 Å². The van der Waals surface area contributed by atoms with Crippen LogP contribution in [0.25, 0.3) is 0 Å². The van der Waals surface area contributed by atoms with Crippen LogP contribution in [0.5, 0.6) is 0 Å². The average Bonchev–Trinajstić information content (AvgIpc) is 3.98. The molecule has 1 N–H and O–H groups in total. The van der Waals surface area contributed by atoms with Gasteiger partial charge in [0.2, 0.25) is 23.6 Å². The van der Waals surface area contributed by atoms with E-state index in [4.69, 9.17) is 9.47 Å². The zero-order valence-electron chi connectivity index (χ0n) is 33.5. The summed E-state index contributed by atoms with van der Waals surface area (Å²) in [5, 5.41) is 11.7. The fraction of sp³-hybridized carbons (Fsp3) is 0.619. The van der Waals surface area contributed by atoms with Gasteiger partial charge in [0, 0.05) is 45.0 Å². The first kappa shape index (κ1) is 42.4. The third kappa shape index (κ3) is 10.6. The Morgan fingerprint density at radius 3 is 2.30 bits per heavy atom. The monoisotopic (exact) mass is 774 g/mol. The number of likely N-dealkylation sites (tertiary alicyclic amines) is 1. The third-order valence-electron chi connectivity index (χ3n) is 11.7. The topological polar surface area (TPSA) is 170 Å². The summed E-state index contributed by atoms with van der Waals surface area (Å²) in [5.74, 6) is -0.896. The maximum atomic E-state index is 13.6. The summed E-state index contributed by atoms with van der Waals surface area (Å²) >= 11 is 0. The molecule has 1 saturated heterocycles. The van der Waals surface area contributed by atoms with Crippen molar-refractivity contribution in [3.63, 3.8) is 0 Å². The highest BCUT2D eigenvalue weighted by Crippen LogP contribution is 2.52. The van der Waals surface area contributed by atoms with Gasteiger partial charge < -0.3 is 19.7 Å².